The van der Waals surface area contributed by atoms with Crippen molar-refractivity contribution in [3.8, 4) is 11.5 Å². The maximum atomic E-state index is 11.9. The first-order chi connectivity index (χ1) is 12.5. The van der Waals surface area contributed by atoms with Gasteiger partial charge in [0, 0.05) is 12.1 Å². The van der Waals surface area contributed by atoms with Crippen LogP contribution in [0.15, 0.2) is 47.6 Å². The second-order valence-corrected chi connectivity index (χ2v) is 5.24. The molecule has 136 valence electrons. The van der Waals surface area contributed by atoms with E-state index in [9.17, 15) is 14.9 Å². The third-order valence-corrected chi connectivity index (χ3v) is 3.40. The Morgan fingerprint density at radius 1 is 1.23 bits per heavy atom. The van der Waals surface area contributed by atoms with E-state index in [1.54, 1.807) is 37.4 Å². The Bertz CT molecular complexity index is 803. The van der Waals surface area contributed by atoms with Crippen molar-refractivity contribution in [1.82, 2.24) is 5.43 Å². The molecule has 0 aromatic heterocycles. The van der Waals surface area contributed by atoms with E-state index in [2.05, 4.69) is 10.5 Å². The van der Waals surface area contributed by atoms with Crippen LogP contribution in [0.3, 0.4) is 0 Å². The minimum Gasteiger partial charge on any atom is -0.493 e. The van der Waals surface area contributed by atoms with Crippen LogP contribution in [0.1, 0.15) is 18.1 Å². The van der Waals surface area contributed by atoms with Gasteiger partial charge in [-0.15, -0.1) is 0 Å². The number of hydrogen-bond donors (Lipinski definition) is 1. The lowest BCUT2D eigenvalue weighted by Gasteiger charge is -2.09. The smallest absolute Gasteiger partial charge is 0.269 e. The molecule has 0 aliphatic rings. The summed E-state index contributed by atoms with van der Waals surface area (Å²) in [5, 5.41) is 14.5. The quantitative estimate of drug-likeness (QED) is 0.444. The molecule has 0 aliphatic heterocycles. The van der Waals surface area contributed by atoms with Gasteiger partial charge in [-0.25, -0.2) is 5.43 Å². The summed E-state index contributed by atoms with van der Waals surface area (Å²) in [4.78, 5) is 22.0. The molecular weight excluding hydrogens is 338 g/mol. The lowest BCUT2D eigenvalue weighted by Crippen LogP contribution is -2.19. The number of carbonyl (C=O) groups excluding carboxylic acids is 1. The molecule has 26 heavy (non-hydrogen) atoms. The van der Waals surface area contributed by atoms with E-state index in [0.29, 0.717) is 23.7 Å². The van der Waals surface area contributed by atoms with Gasteiger partial charge in [-0.2, -0.15) is 5.10 Å². The Kier molecular flexibility index (Phi) is 6.67. The number of nitrogens with one attached hydrogen (secondary N) is 1. The summed E-state index contributed by atoms with van der Waals surface area (Å²) in [5.74, 6) is 0.885. The van der Waals surface area contributed by atoms with E-state index in [-0.39, 0.29) is 18.0 Å². The number of methoxy groups -OCH3 is 1. The lowest BCUT2D eigenvalue weighted by atomic mass is 10.1. The maximum Gasteiger partial charge on any atom is 0.269 e. The highest BCUT2D eigenvalue weighted by molar-refractivity contribution is 5.84. The number of nitrogens with zero attached hydrogens (tertiary/aromatic N) is 2. The highest BCUT2D eigenvalue weighted by Crippen LogP contribution is 2.27. The van der Waals surface area contributed by atoms with Crippen LogP contribution in [0, 0.1) is 10.1 Å². The van der Waals surface area contributed by atoms with Crippen LogP contribution in [-0.4, -0.2) is 30.8 Å². The van der Waals surface area contributed by atoms with Gasteiger partial charge in [0.2, 0.25) is 5.91 Å². The van der Waals surface area contributed by atoms with Crippen molar-refractivity contribution in [1.29, 1.82) is 0 Å². The van der Waals surface area contributed by atoms with Crippen molar-refractivity contribution < 1.29 is 19.2 Å². The lowest BCUT2D eigenvalue weighted by molar-refractivity contribution is -0.384. The number of rotatable bonds is 8. The van der Waals surface area contributed by atoms with Gasteiger partial charge < -0.3 is 9.47 Å². The Morgan fingerprint density at radius 2 is 1.96 bits per heavy atom. The van der Waals surface area contributed by atoms with Crippen LogP contribution < -0.4 is 14.9 Å². The van der Waals surface area contributed by atoms with Gasteiger partial charge in [-0.05, 0) is 36.2 Å². The summed E-state index contributed by atoms with van der Waals surface area (Å²) in [5.41, 5.74) is 3.80. The van der Waals surface area contributed by atoms with E-state index < -0.39 is 4.92 Å². The van der Waals surface area contributed by atoms with Gasteiger partial charge >= 0.3 is 0 Å². The number of hydrazone groups is 1. The van der Waals surface area contributed by atoms with Crippen molar-refractivity contribution in [3.63, 3.8) is 0 Å². The van der Waals surface area contributed by atoms with Gasteiger partial charge in [0.1, 0.15) is 0 Å². The fraction of sp³-hybridized carbons (Fsp3) is 0.222. The van der Waals surface area contributed by atoms with E-state index in [1.165, 1.54) is 18.3 Å². The standard InChI is InChI=1S/C18H19N3O5/c1-3-26-16-9-6-14(10-17(16)25-2)12-19-20-18(22)11-13-4-7-15(8-5-13)21(23)24/h4-10,12H,3,11H2,1-2H3,(H,20,22)/b19-12-. The van der Waals surface area contributed by atoms with Crippen molar-refractivity contribution >= 4 is 17.8 Å². The number of carbonyl (C=O) groups is 1. The molecule has 0 saturated heterocycles. The number of amides is 1. The SMILES string of the molecule is CCOc1ccc(/C=N\NC(=O)Cc2ccc([N+](=O)[O-])cc2)cc1OC. The Morgan fingerprint density at radius 3 is 2.58 bits per heavy atom. The summed E-state index contributed by atoms with van der Waals surface area (Å²) >= 11 is 0. The van der Waals surface area contributed by atoms with E-state index in [4.69, 9.17) is 9.47 Å². The molecule has 0 aliphatic carbocycles. The summed E-state index contributed by atoms with van der Waals surface area (Å²) in [6.45, 7) is 2.41. The van der Waals surface area contributed by atoms with Crippen LogP contribution in [-0.2, 0) is 11.2 Å². The molecule has 2 aromatic carbocycles. The van der Waals surface area contributed by atoms with Crippen molar-refractivity contribution in [3.05, 3.63) is 63.7 Å². The Balaban J connectivity index is 1.93. The zero-order valence-corrected chi connectivity index (χ0v) is 14.5. The molecular formula is C18H19N3O5. The first-order valence-corrected chi connectivity index (χ1v) is 7.89. The van der Waals surface area contributed by atoms with E-state index >= 15 is 0 Å². The predicted octanol–water partition coefficient (Wildman–Crippen LogP) is 2.69. The molecule has 2 rings (SSSR count). The number of nitro benzene ring substituents is 1. The van der Waals surface area contributed by atoms with Crippen LogP contribution in [0.5, 0.6) is 11.5 Å². The topological polar surface area (TPSA) is 103 Å². The zero-order valence-electron chi connectivity index (χ0n) is 14.5. The fourth-order valence-corrected chi connectivity index (χ4v) is 2.18. The van der Waals surface area contributed by atoms with Gasteiger partial charge in [-0.3, -0.25) is 14.9 Å². The molecule has 0 unspecified atom stereocenters. The first-order valence-electron chi connectivity index (χ1n) is 7.89. The zero-order chi connectivity index (χ0) is 18.9. The van der Waals surface area contributed by atoms with Crippen LogP contribution >= 0.6 is 0 Å². The summed E-state index contributed by atoms with van der Waals surface area (Å²) in [6.07, 6.45) is 1.56. The molecule has 0 radical (unpaired) electrons. The molecule has 0 saturated carbocycles. The minimum atomic E-state index is -0.487. The summed E-state index contributed by atoms with van der Waals surface area (Å²) in [6, 6.07) is 11.1. The van der Waals surface area contributed by atoms with Crippen molar-refractivity contribution in [2.45, 2.75) is 13.3 Å². The molecule has 2 aromatic rings. The largest absolute Gasteiger partial charge is 0.493 e. The Hall–Kier alpha value is -3.42. The van der Waals surface area contributed by atoms with Crippen LogP contribution in [0.2, 0.25) is 0 Å². The molecule has 0 spiro atoms. The highest BCUT2D eigenvalue weighted by Gasteiger charge is 2.07. The molecule has 0 fully saturated rings. The van der Waals surface area contributed by atoms with Crippen LogP contribution in [0.25, 0.3) is 0 Å². The second-order valence-electron chi connectivity index (χ2n) is 5.24. The Labute approximate surface area is 150 Å². The highest BCUT2D eigenvalue weighted by atomic mass is 16.6. The number of non-ortho nitro benzene ring substituents is 1. The van der Waals surface area contributed by atoms with Gasteiger partial charge in [-0.1, -0.05) is 12.1 Å². The third-order valence-electron chi connectivity index (χ3n) is 3.40. The molecule has 0 bridgehead atoms. The molecule has 8 nitrogen and oxygen atoms in total. The van der Waals surface area contributed by atoms with Gasteiger partial charge in [0.15, 0.2) is 11.5 Å². The molecule has 0 atom stereocenters. The molecule has 8 heteroatoms. The van der Waals surface area contributed by atoms with Crippen molar-refractivity contribution in [2.75, 3.05) is 13.7 Å². The number of ether oxygens (including phenoxy) is 2. The van der Waals surface area contributed by atoms with Gasteiger partial charge in [0.05, 0.1) is 31.3 Å². The second kappa shape index (κ2) is 9.16. The van der Waals surface area contributed by atoms with E-state index in [0.717, 1.165) is 5.56 Å². The molecule has 0 heterocycles. The monoisotopic (exact) mass is 357 g/mol. The van der Waals surface area contributed by atoms with E-state index in [1.807, 2.05) is 6.92 Å². The summed E-state index contributed by atoms with van der Waals surface area (Å²) < 4.78 is 10.7. The first kappa shape index (κ1) is 18.9. The predicted molar refractivity (Wildman–Crippen MR) is 96.7 cm³/mol. The molecule has 1 N–H and O–H groups in total. The minimum absolute atomic E-state index is 0.0170. The van der Waals surface area contributed by atoms with Crippen LogP contribution in [0.4, 0.5) is 5.69 Å². The molecule has 1 amide bonds. The fourth-order valence-electron chi connectivity index (χ4n) is 2.18. The normalized spacial score (nSPS) is 10.5. The number of benzene rings is 2. The van der Waals surface area contributed by atoms with Crippen molar-refractivity contribution in [2.24, 2.45) is 5.10 Å². The third kappa shape index (κ3) is 5.30. The van der Waals surface area contributed by atoms with Gasteiger partial charge in [0.25, 0.3) is 5.69 Å². The summed E-state index contributed by atoms with van der Waals surface area (Å²) in [7, 11) is 1.55. The average Bonchev–Trinajstić information content (AvgIpc) is 2.63. The maximum absolute atomic E-state index is 11.9. The number of hydrogen-bond acceptors (Lipinski definition) is 6. The number of nitro groups is 1. The average molecular weight is 357 g/mol.